The zero-order valence-corrected chi connectivity index (χ0v) is 14.7. The number of sulfonamides is 1. The van der Waals surface area contributed by atoms with Crippen molar-refractivity contribution in [3.05, 3.63) is 76.1 Å². The Kier molecular flexibility index (Phi) is 4.66. The molecular formula is C17H18N3O2S2+. The summed E-state index contributed by atoms with van der Waals surface area (Å²) in [4.78, 5) is 4.17. The Balaban J connectivity index is 1.91. The molecule has 5 nitrogen and oxygen atoms in total. The second kappa shape index (κ2) is 6.72. The van der Waals surface area contributed by atoms with Gasteiger partial charge in [0.05, 0.1) is 4.88 Å². The molecule has 0 fully saturated rings. The zero-order valence-electron chi connectivity index (χ0n) is 13.1. The molecule has 0 radical (unpaired) electrons. The minimum atomic E-state index is -3.71. The van der Waals surface area contributed by atoms with Crippen LogP contribution in [0.5, 0.6) is 0 Å². The number of aryl methyl sites for hydroxylation is 1. The first-order valence-electron chi connectivity index (χ1n) is 7.34. The van der Waals surface area contributed by atoms with Gasteiger partial charge in [-0.15, -0.1) is 11.3 Å². The number of H-pyrrole nitrogens is 1. The molecule has 1 atom stereocenters. The van der Waals surface area contributed by atoms with Gasteiger partial charge in [0.25, 0.3) is 5.82 Å². The van der Waals surface area contributed by atoms with Crippen LogP contribution in [-0.2, 0) is 10.0 Å². The van der Waals surface area contributed by atoms with E-state index in [1.807, 2.05) is 11.4 Å². The molecule has 0 bridgehead atoms. The monoisotopic (exact) mass is 360 g/mol. The van der Waals surface area contributed by atoms with Gasteiger partial charge in [0, 0.05) is 11.6 Å². The highest BCUT2D eigenvalue weighted by atomic mass is 32.2. The maximum Gasteiger partial charge on any atom is 0.273 e. The SMILES string of the molecule is Cc1ccc([C@@H](Nc2ccc(S(N)(=O)=O)c[nH+]2)c2cccs2)cc1. The molecule has 0 amide bonds. The van der Waals surface area contributed by atoms with Crippen LogP contribution in [0.25, 0.3) is 0 Å². The molecular weight excluding hydrogens is 342 g/mol. The summed E-state index contributed by atoms with van der Waals surface area (Å²) in [6.07, 6.45) is 1.39. The fraction of sp³-hybridized carbons (Fsp3) is 0.118. The van der Waals surface area contributed by atoms with E-state index >= 15 is 0 Å². The summed E-state index contributed by atoms with van der Waals surface area (Å²) in [5.74, 6) is 0.710. The van der Waals surface area contributed by atoms with Gasteiger partial charge in [0.1, 0.15) is 11.1 Å². The van der Waals surface area contributed by atoms with E-state index in [-0.39, 0.29) is 10.9 Å². The van der Waals surface area contributed by atoms with Gasteiger partial charge < -0.3 is 0 Å². The normalized spacial score (nSPS) is 12.8. The minimum Gasteiger partial charge on any atom is -0.262 e. The number of primary sulfonamides is 1. The lowest BCUT2D eigenvalue weighted by Crippen LogP contribution is -2.21. The fourth-order valence-corrected chi connectivity index (χ4v) is 3.65. The molecule has 1 aromatic carbocycles. The average molecular weight is 360 g/mol. The van der Waals surface area contributed by atoms with E-state index in [4.69, 9.17) is 5.14 Å². The van der Waals surface area contributed by atoms with E-state index < -0.39 is 10.0 Å². The summed E-state index contributed by atoms with van der Waals surface area (Å²) in [6.45, 7) is 2.05. The van der Waals surface area contributed by atoms with Crippen molar-refractivity contribution in [1.82, 2.24) is 0 Å². The van der Waals surface area contributed by atoms with E-state index in [1.54, 1.807) is 17.4 Å². The minimum absolute atomic E-state index is 0.0258. The summed E-state index contributed by atoms with van der Waals surface area (Å²) in [6, 6.07) is 15.5. The van der Waals surface area contributed by atoms with Crippen molar-refractivity contribution in [3.8, 4) is 0 Å². The van der Waals surface area contributed by atoms with Gasteiger partial charge in [-0.25, -0.2) is 18.5 Å². The standard InChI is InChI=1S/C17H17N3O2S2/c1-12-4-6-13(7-5-12)17(15-3-2-10-23-15)20-16-9-8-14(11-19-16)24(18,21)22/h2-11,17H,1H3,(H,19,20)(H2,18,21,22)/p+1/t17-/m1/s1. The number of hydrogen-bond donors (Lipinski definition) is 2. The van der Waals surface area contributed by atoms with E-state index in [0.717, 1.165) is 5.56 Å². The number of nitrogens with one attached hydrogen (secondary N) is 2. The average Bonchev–Trinajstić information content (AvgIpc) is 3.07. The molecule has 0 aliphatic carbocycles. The van der Waals surface area contributed by atoms with Crippen LogP contribution in [0.2, 0.25) is 0 Å². The molecule has 4 N–H and O–H groups in total. The van der Waals surface area contributed by atoms with Crippen LogP contribution in [0, 0.1) is 6.92 Å². The van der Waals surface area contributed by atoms with E-state index in [1.165, 1.54) is 22.7 Å². The topological polar surface area (TPSA) is 86.3 Å². The van der Waals surface area contributed by atoms with Crippen molar-refractivity contribution >= 4 is 27.2 Å². The van der Waals surface area contributed by atoms with Crippen LogP contribution in [0.3, 0.4) is 0 Å². The van der Waals surface area contributed by atoms with Crippen LogP contribution >= 0.6 is 11.3 Å². The molecule has 0 aliphatic rings. The first-order valence-corrected chi connectivity index (χ1v) is 9.77. The lowest BCUT2D eigenvalue weighted by atomic mass is 10.0. The third kappa shape index (κ3) is 3.81. The number of thiophene rings is 1. The predicted molar refractivity (Wildman–Crippen MR) is 95.3 cm³/mol. The summed E-state index contributed by atoms with van der Waals surface area (Å²) < 4.78 is 22.7. The molecule has 0 aliphatic heterocycles. The van der Waals surface area contributed by atoms with E-state index in [0.29, 0.717) is 5.82 Å². The number of pyridine rings is 1. The summed E-state index contributed by atoms with van der Waals surface area (Å²) in [5, 5.41) is 10.6. The number of aromatic amines is 1. The Labute approximate surface area is 145 Å². The molecule has 2 aromatic heterocycles. The Morgan fingerprint density at radius 2 is 1.88 bits per heavy atom. The number of nitrogens with two attached hydrogens (primary N) is 1. The molecule has 0 unspecified atom stereocenters. The van der Waals surface area contributed by atoms with Crippen molar-refractivity contribution in [2.45, 2.75) is 17.9 Å². The number of aromatic nitrogens is 1. The molecule has 0 saturated heterocycles. The van der Waals surface area contributed by atoms with E-state index in [2.05, 4.69) is 47.6 Å². The number of benzene rings is 1. The van der Waals surface area contributed by atoms with Crippen molar-refractivity contribution in [2.75, 3.05) is 5.32 Å². The lowest BCUT2D eigenvalue weighted by molar-refractivity contribution is -0.364. The third-order valence-electron chi connectivity index (χ3n) is 3.65. The van der Waals surface area contributed by atoms with Crippen LogP contribution in [-0.4, -0.2) is 8.42 Å². The number of anilines is 1. The van der Waals surface area contributed by atoms with Gasteiger partial charge in [-0.1, -0.05) is 35.9 Å². The van der Waals surface area contributed by atoms with Crippen LogP contribution < -0.4 is 15.4 Å². The second-order valence-electron chi connectivity index (χ2n) is 5.49. The van der Waals surface area contributed by atoms with Crippen LogP contribution in [0.15, 0.2) is 65.0 Å². The highest BCUT2D eigenvalue weighted by Gasteiger charge is 2.21. The van der Waals surface area contributed by atoms with Gasteiger partial charge in [0.15, 0.2) is 6.04 Å². The first kappa shape index (κ1) is 16.6. The maximum absolute atomic E-state index is 11.3. The van der Waals surface area contributed by atoms with Gasteiger partial charge in [0.2, 0.25) is 10.0 Å². The van der Waals surface area contributed by atoms with Gasteiger partial charge in [-0.2, -0.15) is 0 Å². The lowest BCUT2D eigenvalue weighted by Gasteiger charge is -2.14. The summed E-state index contributed by atoms with van der Waals surface area (Å²) in [7, 11) is -3.71. The molecule has 0 saturated carbocycles. The summed E-state index contributed by atoms with van der Waals surface area (Å²) in [5.41, 5.74) is 2.33. The number of rotatable bonds is 5. The Hall–Kier alpha value is -2.22. The molecule has 0 spiro atoms. The zero-order chi connectivity index (χ0) is 17.2. The molecule has 3 rings (SSSR count). The van der Waals surface area contributed by atoms with Crippen molar-refractivity contribution in [3.63, 3.8) is 0 Å². The van der Waals surface area contributed by atoms with Gasteiger partial charge in [-0.3, -0.25) is 5.32 Å². The molecule has 3 aromatic rings. The smallest absolute Gasteiger partial charge is 0.262 e. The Morgan fingerprint density at radius 3 is 2.42 bits per heavy atom. The number of hydrogen-bond acceptors (Lipinski definition) is 4. The molecule has 2 heterocycles. The Bertz CT molecular complexity index is 903. The quantitative estimate of drug-likeness (QED) is 0.733. The van der Waals surface area contributed by atoms with Gasteiger partial charge in [-0.05, 0) is 24.4 Å². The molecule has 24 heavy (non-hydrogen) atoms. The fourth-order valence-electron chi connectivity index (χ4n) is 2.37. The summed E-state index contributed by atoms with van der Waals surface area (Å²) >= 11 is 1.66. The predicted octanol–water partition coefficient (Wildman–Crippen LogP) is 2.72. The van der Waals surface area contributed by atoms with Crippen molar-refractivity contribution in [1.29, 1.82) is 0 Å². The van der Waals surface area contributed by atoms with Gasteiger partial charge >= 0.3 is 0 Å². The highest BCUT2D eigenvalue weighted by Crippen LogP contribution is 2.29. The van der Waals surface area contributed by atoms with Crippen molar-refractivity contribution in [2.24, 2.45) is 5.14 Å². The molecule has 124 valence electrons. The second-order valence-corrected chi connectivity index (χ2v) is 8.03. The van der Waals surface area contributed by atoms with E-state index in [9.17, 15) is 8.42 Å². The molecule has 7 heteroatoms. The van der Waals surface area contributed by atoms with Crippen LogP contribution in [0.1, 0.15) is 22.0 Å². The third-order valence-corrected chi connectivity index (χ3v) is 5.50. The first-order chi connectivity index (χ1) is 11.4. The van der Waals surface area contributed by atoms with Crippen molar-refractivity contribution < 1.29 is 13.4 Å². The largest absolute Gasteiger partial charge is 0.273 e. The Morgan fingerprint density at radius 1 is 1.12 bits per heavy atom. The van der Waals surface area contributed by atoms with Crippen LogP contribution in [0.4, 0.5) is 5.82 Å². The maximum atomic E-state index is 11.3. The highest BCUT2D eigenvalue weighted by molar-refractivity contribution is 7.89.